The van der Waals surface area contributed by atoms with Crippen LogP contribution in [-0.4, -0.2) is 6.61 Å². The minimum absolute atomic E-state index is 0.642. The van der Waals surface area contributed by atoms with Gasteiger partial charge in [0.1, 0.15) is 0 Å². The van der Waals surface area contributed by atoms with Gasteiger partial charge in [0.05, 0.1) is 12.9 Å². The van der Waals surface area contributed by atoms with Gasteiger partial charge in [0.25, 0.3) is 0 Å². The van der Waals surface area contributed by atoms with Gasteiger partial charge in [0, 0.05) is 0 Å². The number of hydrogen-bond donors (Lipinski definition) is 0. The highest BCUT2D eigenvalue weighted by molar-refractivity contribution is 5.74. The maximum Gasteiger partial charge on any atom is 0.0873 e. The molecule has 0 aromatic heterocycles. The van der Waals surface area contributed by atoms with Gasteiger partial charge in [-0.25, -0.2) is 0 Å². The summed E-state index contributed by atoms with van der Waals surface area (Å²) in [4.78, 5) is 0. The molecule has 0 amide bonds. The molecule has 1 saturated carbocycles. The lowest BCUT2D eigenvalue weighted by molar-refractivity contribution is 0.135. The van der Waals surface area contributed by atoms with E-state index in [2.05, 4.69) is 25.6 Å². The van der Waals surface area contributed by atoms with Crippen LogP contribution in [0, 0.1) is 5.41 Å². The molecule has 1 aromatic rings. The van der Waals surface area contributed by atoms with Gasteiger partial charge in [-0.1, -0.05) is 62.4 Å². The molecule has 0 bridgehead atoms. The van der Waals surface area contributed by atoms with E-state index < -0.39 is 0 Å². The maximum atomic E-state index is 5.64. The number of allylic oxidation sites excluding steroid dienone is 4. The molecule has 1 nitrogen and oxygen atoms in total. The third-order valence-electron chi connectivity index (χ3n) is 4.60. The highest BCUT2D eigenvalue weighted by atomic mass is 16.5. The van der Waals surface area contributed by atoms with Crippen LogP contribution in [0.4, 0.5) is 0 Å². The van der Waals surface area contributed by atoms with Crippen molar-refractivity contribution in [3.63, 3.8) is 0 Å². The third kappa shape index (κ3) is 5.22. The highest BCUT2D eigenvalue weighted by Crippen LogP contribution is 2.44. The van der Waals surface area contributed by atoms with Crippen molar-refractivity contribution >= 4 is 5.57 Å². The van der Waals surface area contributed by atoms with Crippen molar-refractivity contribution in [2.75, 3.05) is 6.61 Å². The first kappa shape index (κ1) is 16.6. The molecule has 0 aliphatic heterocycles. The Labute approximate surface area is 135 Å². The molecule has 0 atom stereocenters. The number of benzene rings is 1. The molecule has 118 valence electrons. The lowest BCUT2D eigenvalue weighted by Gasteiger charge is -2.38. The number of ether oxygens (including phenoxy) is 1. The zero-order valence-corrected chi connectivity index (χ0v) is 13.8. The van der Waals surface area contributed by atoms with Gasteiger partial charge >= 0.3 is 0 Å². The van der Waals surface area contributed by atoms with Crippen molar-refractivity contribution in [1.82, 2.24) is 0 Å². The molecule has 1 aliphatic carbocycles. The second kappa shape index (κ2) is 8.63. The van der Waals surface area contributed by atoms with Gasteiger partial charge in [0.15, 0.2) is 0 Å². The van der Waals surface area contributed by atoms with Crippen molar-refractivity contribution < 1.29 is 4.74 Å². The van der Waals surface area contributed by atoms with Crippen molar-refractivity contribution in [3.05, 3.63) is 67.0 Å². The highest BCUT2D eigenvalue weighted by Gasteiger charge is 2.30. The van der Waals surface area contributed by atoms with Crippen LogP contribution in [0.3, 0.4) is 0 Å². The van der Waals surface area contributed by atoms with Crippen molar-refractivity contribution in [2.24, 2.45) is 5.41 Å². The van der Waals surface area contributed by atoms with E-state index in [0.717, 1.165) is 18.6 Å². The Balaban J connectivity index is 1.69. The van der Waals surface area contributed by atoms with Crippen molar-refractivity contribution in [3.8, 4) is 0 Å². The summed E-state index contributed by atoms with van der Waals surface area (Å²) in [5.41, 5.74) is 2.95. The first-order valence-corrected chi connectivity index (χ1v) is 8.40. The fourth-order valence-corrected chi connectivity index (χ4v) is 2.96. The van der Waals surface area contributed by atoms with Crippen LogP contribution in [0.25, 0.3) is 5.57 Å². The van der Waals surface area contributed by atoms with E-state index in [1.54, 1.807) is 0 Å². The first-order chi connectivity index (χ1) is 10.7. The third-order valence-corrected chi connectivity index (χ3v) is 4.60. The normalized spacial score (nSPS) is 17.2. The van der Waals surface area contributed by atoms with Gasteiger partial charge in [-0.3, -0.25) is 0 Å². The molecule has 0 N–H and O–H groups in total. The van der Waals surface area contributed by atoms with E-state index in [4.69, 9.17) is 4.74 Å². The zero-order chi connectivity index (χ0) is 15.7. The summed E-state index contributed by atoms with van der Waals surface area (Å²) in [6, 6.07) is 10.3. The fourth-order valence-electron chi connectivity index (χ4n) is 2.96. The molecule has 2 rings (SSSR count). The largest absolute Gasteiger partial charge is 0.501 e. The van der Waals surface area contributed by atoms with Crippen LogP contribution < -0.4 is 0 Å². The monoisotopic (exact) mass is 296 g/mol. The maximum absolute atomic E-state index is 5.64. The number of unbranched alkanes of at least 4 members (excludes halogenated alkanes) is 1. The molecule has 1 aliphatic rings. The number of rotatable bonds is 9. The second-order valence-electron chi connectivity index (χ2n) is 6.52. The van der Waals surface area contributed by atoms with Crippen LogP contribution in [0.15, 0.2) is 61.4 Å². The van der Waals surface area contributed by atoms with Crippen LogP contribution in [0.5, 0.6) is 0 Å². The summed E-state index contributed by atoms with van der Waals surface area (Å²) in [5, 5.41) is 0. The summed E-state index contributed by atoms with van der Waals surface area (Å²) in [6.45, 7) is 7.01. The standard InChI is InChI=1S/C21H28O/c1-3-10-19(20-11-5-4-6-12-20)13-18-22-17-8-7-14-21(2)15-9-16-21/h3-6,10-13,18H,1,7-9,14-17H2,2H3/b18-13+,19-10+. The SMILES string of the molecule is C=C/C=C(\C=C\OCCCCC1(C)CCC1)c1ccccc1. The van der Waals surface area contributed by atoms with Crippen molar-refractivity contribution in [2.45, 2.75) is 45.4 Å². The average Bonchev–Trinajstić information content (AvgIpc) is 2.52. The molecule has 0 radical (unpaired) electrons. The predicted molar refractivity (Wildman–Crippen MR) is 95.5 cm³/mol. The quantitative estimate of drug-likeness (QED) is 0.302. The lowest BCUT2D eigenvalue weighted by Crippen LogP contribution is -2.25. The summed E-state index contributed by atoms with van der Waals surface area (Å²) < 4.78 is 5.64. The van der Waals surface area contributed by atoms with E-state index in [1.165, 1.54) is 37.7 Å². The number of hydrogen-bond acceptors (Lipinski definition) is 1. The Morgan fingerprint density at radius 2 is 2.00 bits per heavy atom. The molecule has 0 saturated heterocycles. The van der Waals surface area contributed by atoms with Gasteiger partial charge < -0.3 is 4.74 Å². The van der Waals surface area contributed by atoms with Gasteiger partial charge in [0.2, 0.25) is 0 Å². The predicted octanol–water partition coefficient (Wildman–Crippen LogP) is 6.15. The van der Waals surface area contributed by atoms with Crippen LogP contribution in [0.1, 0.15) is 51.0 Å². The molecule has 1 heteroatoms. The van der Waals surface area contributed by atoms with Crippen molar-refractivity contribution in [1.29, 1.82) is 0 Å². The van der Waals surface area contributed by atoms with E-state index >= 15 is 0 Å². The van der Waals surface area contributed by atoms with Gasteiger partial charge in [-0.05, 0) is 54.7 Å². The molecule has 0 unspecified atom stereocenters. The summed E-state index contributed by atoms with van der Waals surface area (Å²) in [6.07, 6.45) is 15.7. The van der Waals surface area contributed by atoms with E-state index in [0.29, 0.717) is 5.41 Å². The minimum atomic E-state index is 0.642. The molecular weight excluding hydrogens is 268 g/mol. The smallest absolute Gasteiger partial charge is 0.0873 e. The van der Waals surface area contributed by atoms with Gasteiger partial charge in [-0.15, -0.1) is 0 Å². The molecular formula is C21H28O. The summed E-state index contributed by atoms with van der Waals surface area (Å²) >= 11 is 0. The van der Waals surface area contributed by atoms with E-state index in [1.807, 2.05) is 42.7 Å². The molecule has 22 heavy (non-hydrogen) atoms. The fraction of sp³-hybridized carbons (Fsp3) is 0.429. The molecule has 0 heterocycles. The Kier molecular flexibility index (Phi) is 6.51. The first-order valence-electron chi connectivity index (χ1n) is 8.40. The van der Waals surface area contributed by atoms with E-state index in [-0.39, 0.29) is 0 Å². The molecule has 1 aromatic carbocycles. The minimum Gasteiger partial charge on any atom is -0.501 e. The van der Waals surface area contributed by atoms with Crippen LogP contribution in [-0.2, 0) is 4.74 Å². The average molecular weight is 296 g/mol. The van der Waals surface area contributed by atoms with Crippen LogP contribution in [0.2, 0.25) is 0 Å². The second-order valence-corrected chi connectivity index (χ2v) is 6.52. The Bertz CT molecular complexity index is 506. The topological polar surface area (TPSA) is 9.23 Å². The van der Waals surface area contributed by atoms with E-state index in [9.17, 15) is 0 Å². The summed E-state index contributed by atoms with van der Waals surface area (Å²) in [5.74, 6) is 0. The Morgan fingerprint density at radius 1 is 1.23 bits per heavy atom. The Hall–Kier alpha value is -1.76. The van der Waals surface area contributed by atoms with Crippen LogP contribution >= 0.6 is 0 Å². The zero-order valence-electron chi connectivity index (χ0n) is 13.8. The summed E-state index contributed by atoms with van der Waals surface area (Å²) in [7, 11) is 0. The Morgan fingerprint density at radius 3 is 2.64 bits per heavy atom. The van der Waals surface area contributed by atoms with Gasteiger partial charge in [-0.2, -0.15) is 0 Å². The lowest BCUT2D eigenvalue weighted by atomic mass is 9.67. The molecule has 1 fully saturated rings. The molecule has 0 spiro atoms.